The molecule has 0 fully saturated rings. The first kappa shape index (κ1) is 16.0. The summed E-state index contributed by atoms with van der Waals surface area (Å²) in [5, 5.41) is 8.21. The largest absolute Gasteiger partial charge is 0.339 e. The number of nitrogens with one attached hydrogen (secondary N) is 1. The first-order chi connectivity index (χ1) is 10.2. The maximum absolute atomic E-state index is 5.97. The molecule has 0 saturated heterocycles. The Kier molecular flexibility index (Phi) is 6.21. The predicted octanol–water partition coefficient (Wildman–Crippen LogP) is 3.63. The van der Waals surface area contributed by atoms with Crippen LogP contribution in [0.1, 0.15) is 44.0 Å². The second kappa shape index (κ2) is 8.15. The van der Waals surface area contributed by atoms with E-state index in [9.17, 15) is 0 Å². The molecule has 1 aromatic heterocycles. The lowest BCUT2D eigenvalue weighted by atomic mass is 10.1. The zero-order chi connectivity index (χ0) is 15.1. The fraction of sp³-hybridized carbons (Fsp3) is 0.500. The van der Waals surface area contributed by atoms with E-state index in [0.29, 0.717) is 24.2 Å². The number of hydrogen-bond donors (Lipinski definition) is 1. The van der Waals surface area contributed by atoms with Crippen LogP contribution in [0.25, 0.3) is 0 Å². The highest BCUT2D eigenvalue weighted by molar-refractivity contribution is 6.30. The van der Waals surface area contributed by atoms with Gasteiger partial charge >= 0.3 is 0 Å². The van der Waals surface area contributed by atoms with Crippen molar-refractivity contribution in [3.63, 3.8) is 0 Å². The van der Waals surface area contributed by atoms with Crippen molar-refractivity contribution in [2.45, 2.75) is 45.6 Å². The van der Waals surface area contributed by atoms with Crippen LogP contribution in [0.15, 0.2) is 28.8 Å². The van der Waals surface area contributed by atoms with Crippen molar-refractivity contribution in [2.24, 2.45) is 0 Å². The van der Waals surface area contributed by atoms with Crippen LogP contribution in [0, 0.1) is 0 Å². The molecule has 1 aromatic carbocycles. The molecule has 5 heteroatoms. The molecule has 0 aliphatic rings. The van der Waals surface area contributed by atoms with Crippen molar-refractivity contribution in [3.8, 4) is 0 Å². The van der Waals surface area contributed by atoms with Crippen LogP contribution in [0.5, 0.6) is 0 Å². The van der Waals surface area contributed by atoms with Crippen LogP contribution >= 0.6 is 11.6 Å². The summed E-state index contributed by atoms with van der Waals surface area (Å²) in [6.45, 7) is 5.39. The van der Waals surface area contributed by atoms with Crippen LogP contribution < -0.4 is 5.32 Å². The summed E-state index contributed by atoms with van der Waals surface area (Å²) in [6, 6.07) is 8.19. The van der Waals surface area contributed by atoms with Crippen LogP contribution in [-0.4, -0.2) is 22.7 Å². The molecule has 0 radical (unpaired) electrons. The van der Waals surface area contributed by atoms with E-state index in [0.717, 1.165) is 36.4 Å². The first-order valence-corrected chi connectivity index (χ1v) is 7.84. The van der Waals surface area contributed by atoms with Gasteiger partial charge in [0.25, 0.3) is 0 Å². The minimum atomic E-state index is 0.466. The van der Waals surface area contributed by atoms with Crippen LogP contribution in [-0.2, 0) is 12.8 Å². The average Bonchev–Trinajstić information content (AvgIpc) is 2.90. The molecule has 1 unspecified atom stereocenters. The van der Waals surface area contributed by atoms with E-state index in [1.807, 2.05) is 24.3 Å². The molecular weight excluding hydrogens is 286 g/mol. The summed E-state index contributed by atoms with van der Waals surface area (Å²) < 4.78 is 5.30. The minimum Gasteiger partial charge on any atom is -0.339 e. The molecule has 1 N–H and O–H groups in total. The summed E-state index contributed by atoms with van der Waals surface area (Å²) in [7, 11) is 0. The Morgan fingerprint density at radius 3 is 3.00 bits per heavy atom. The molecule has 0 aliphatic heterocycles. The lowest BCUT2D eigenvalue weighted by Crippen LogP contribution is -2.27. The van der Waals surface area contributed by atoms with Gasteiger partial charge in [-0.15, -0.1) is 0 Å². The Hall–Kier alpha value is -1.39. The fourth-order valence-corrected chi connectivity index (χ4v) is 2.34. The van der Waals surface area contributed by atoms with Gasteiger partial charge in [-0.2, -0.15) is 4.98 Å². The third-order valence-electron chi connectivity index (χ3n) is 3.30. The van der Waals surface area contributed by atoms with Gasteiger partial charge in [-0.25, -0.2) is 0 Å². The molecule has 114 valence electrons. The molecule has 0 bridgehead atoms. The molecule has 21 heavy (non-hydrogen) atoms. The van der Waals surface area contributed by atoms with Gasteiger partial charge in [0.15, 0.2) is 5.82 Å². The van der Waals surface area contributed by atoms with Crippen LogP contribution in [0.3, 0.4) is 0 Å². The van der Waals surface area contributed by atoms with Gasteiger partial charge in [0, 0.05) is 23.9 Å². The van der Waals surface area contributed by atoms with E-state index in [4.69, 9.17) is 16.1 Å². The van der Waals surface area contributed by atoms with Crippen LogP contribution in [0.2, 0.25) is 5.02 Å². The van der Waals surface area contributed by atoms with Crippen LogP contribution in [0.4, 0.5) is 0 Å². The molecule has 4 nitrogen and oxygen atoms in total. The molecule has 0 spiro atoms. The Morgan fingerprint density at radius 1 is 1.38 bits per heavy atom. The maximum Gasteiger partial charge on any atom is 0.226 e. The van der Waals surface area contributed by atoms with Gasteiger partial charge in [0.05, 0.1) is 0 Å². The van der Waals surface area contributed by atoms with E-state index in [1.165, 1.54) is 0 Å². The first-order valence-electron chi connectivity index (χ1n) is 7.46. The van der Waals surface area contributed by atoms with Gasteiger partial charge in [-0.1, -0.05) is 35.8 Å². The topological polar surface area (TPSA) is 51.0 Å². The normalized spacial score (nSPS) is 12.5. The number of rotatable bonds is 8. The van der Waals surface area contributed by atoms with Gasteiger partial charge in [-0.05, 0) is 44.0 Å². The molecule has 1 atom stereocenters. The molecule has 0 aliphatic carbocycles. The number of aryl methyl sites for hydroxylation is 1. The highest BCUT2D eigenvalue weighted by Crippen LogP contribution is 2.14. The molecule has 1 heterocycles. The lowest BCUT2D eigenvalue weighted by molar-refractivity contribution is 0.363. The monoisotopic (exact) mass is 307 g/mol. The fourth-order valence-electron chi connectivity index (χ4n) is 2.13. The molecule has 0 amide bonds. The maximum atomic E-state index is 5.97. The van der Waals surface area contributed by atoms with Gasteiger partial charge in [0.2, 0.25) is 5.89 Å². The standard InChI is InChI=1S/C16H22ClN3O/c1-3-9-18-12(2)7-8-16-19-15(20-21-16)11-13-5-4-6-14(17)10-13/h4-6,10,12,18H,3,7-9,11H2,1-2H3. The highest BCUT2D eigenvalue weighted by atomic mass is 35.5. The zero-order valence-electron chi connectivity index (χ0n) is 12.6. The number of halogens is 1. The van der Waals surface area contributed by atoms with Gasteiger partial charge in [-0.3, -0.25) is 0 Å². The third kappa shape index (κ3) is 5.48. The van der Waals surface area contributed by atoms with E-state index in [2.05, 4.69) is 29.3 Å². The van der Waals surface area contributed by atoms with E-state index < -0.39 is 0 Å². The quantitative estimate of drug-likeness (QED) is 0.809. The number of aromatic nitrogens is 2. The second-order valence-corrected chi connectivity index (χ2v) is 5.74. The molecular formula is C16H22ClN3O. The van der Waals surface area contributed by atoms with Gasteiger partial charge < -0.3 is 9.84 Å². The molecule has 2 aromatic rings. The van der Waals surface area contributed by atoms with E-state index >= 15 is 0 Å². The van der Waals surface area contributed by atoms with E-state index in [1.54, 1.807) is 0 Å². The third-order valence-corrected chi connectivity index (χ3v) is 3.53. The summed E-state index contributed by atoms with van der Waals surface area (Å²) in [5.74, 6) is 1.42. The minimum absolute atomic E-state index is 0.466. The highest BCUT2D eigenvalue weighted by Gasteiger charge is 2.09. The molecule has 0 saturated carbocycles. The Balaban J connectivity index is 1.84. The number of hydrogen-bond acceptors (Lipinski definition) is 4. The van der Waals surface area contributed by atoms with Crippen molar-refractivity contribution in [1.29, 1.82) is 0 Å². The summed E-state index contributed by atoms with van der Waals surface area (Å²) in [5.41, 5.74) is 1.09. The van der Waals surface area contributed by atoms with Gasteiger partial charge in [0.1, 0.15) is 0 Å². The second-order valence-electron chi connectivity index (χ2n) is 5.30. The van der Waals surface area contributed by atoms with Crippen molar-refractivity contribution in [2.75, 3.05) is 6.54 Å². The average molecular weight is 308 g/mol. The SMILES string of the molecule is CCCNC(C)CCc1nc(Cc2cccc(Cl)c2)no1. The Labute approximate surface area is 130 Å². The predicted molar refractivity (Wildman–Crippen MR) is 84.6 cm³/mol. The Morgan fingerprint density at radius 2 is 2.24 bits per heavy atom. The summed E-state index contributed by atoms with van der Waals surface area (Å²) >= 11 is 5.97. The lowest BCUT2D eigenvalue weighted by Gasteiger charge is -2.10. The zero-order valence-corrected chi connectivity index (χ0v) is 13.4. The summed E-state index contributed by atoms with van der Waals surface area (Å²) in [4.78, 5) is 4.44. The van der Waals surface area contributed by atoms with Crippen molar-refractivity contribution in [3.05, 3.63) is 46.6 Å². The number of nitrogens with zero attached hydrogens (tertiary/aromatic N) is 2. The smallest absolute Gasteiger partial charge is 0.226 e. The van der Waals surface area contributed by atoms with Crippen molar-refractivity contribution >= 4 is 11.6 Å². The number of benzene rings is 1. The van der Waals surface area contributed by atoms with E-state index in [-0.39, 0.29) is 0 Å². The summed E-state index contributed by atoms with van der Waals surface area (Å²) in [6.07, 6.45) is 3.60. The Bertz CT molecular complexity index is 556. The molecule has 2 rings (SSSR count). The van der Waals surface area contributed by atoms with Crippen molar-refractivity contribution < 1.29 is 4.52 Å². The van der Waals surface area contributed by atoms with Crippen molar-refractivity contribution in [1.82, 2.24) is 15.5 Å².